The summed E-state index contributed by atoms with van der Waals surface area (Å²) in [5.74, 6) is -0.442. The maximum absolute atomic E-state index is 12.9. The van der Waals surface area contributed by atoms with Crippen molar-refractivity contribution in [2.45, 2.75) is 18.7 Å². The van der Waals surface area contributed by atoms with E-state index in [4.69, 9.17) is 0 Å². The maximum atomic E-state index is 12.9. The molecule has 0 aliphatic carbocycles. The fourth-order valence-corrected chi connectivity index (χ4v) is 4.07. The Balaban J connectivity index is 1.96. The van der Waals surface area contributed by atoms with Crippen LogP contribution >= 0.6 is 0 Å². The number of aromatic nitrogens is 1. The standard InChI is InChI=1S/C23H25N3O4S/c1-15-14-20(22(27)24-17-10-12-18(13-11-17)31(5,29)30)16(2)26(15)21-9-7-6-8-19(21)23(28)25(3)4/h6-14H,1-5H3,(H,24,27). The molecule has 0 fully saturated rings. The van der Waals surface area contributed by atoms with Crippen LogP contribution in [0.2, 0.25) is 0 Å². The third-order valence-corrected chi connectivity index (χ3v) is 6.13. The van der Waals surface area contributed by atoms with Gasteiger partial charge in [-0.1, -0.05) is 12.1 Å². The van der Waals surface area contributed by atoms with Crippen LogP contribution in [0.25, 0.3) is 5.69 Å². The summed E-state index contributed by atoms with van der Waals surface area (Å²) in [6.07, 6.45) is 1.13. The number of sulfone groups is 1. The van der Waals surface area contributed by atoms with Gasteiger partial charge in [-0.05, 0) is 56.3 Å². The van der Waals surface area contributed by atoms with Crippen molar-refractivity contribution in [1.82, 2.24) is 9.47 Å². The Kier molecular flexibility index (Phi) is 6.03. The minimum absolute atomic E-state index is 0.125. The molecule has 1 heterocycles. The van der Waals surface area contributed by atoms with Gasteiger partial charge < -0.3 is 14.8 Å². The molecule has 162 valence electrons. The monoisotopic (exact) mass is 439 g/mol. The number of anilines is 1. The highest BCUT2D eigenvalue weighted by atomic mass is 32.2. The summed E-state index contributed by atoms with van der Waals surface area (Å²) >= 11 is 0. The molecule has 0 aliphatic rings. The first-order chi connectivity index (χ1) is 14.5. The van der Waals surface area contributed by atoms with Gasteiger partial charge in [-0.15, -0.1) is 0 Å². The Morgan fingerprint density at radius 1 is 0.935 bits per heavy atom. The van der Waals surface area contributed by atoms with Crippen molar-refractivity contribution in [3.8, 4) is 5.69 Å². The molecular formula is C23H25N3O4S. The first kappa shape index (κ1) is 22.3. The Morgan fingerprint density at radius 3 is 2.13 bits per heavy atom. The van der Waals surface area contributed by atoms with Gasteiger partial charge in [0, 0.05) is 37.4 Å². The average Bonchev–Trinajstić information content (AvgIpc) is 3.01. The van der Waals surface area contributed by atoms with E-state index in [9.17, 15) is 18.0 Å². The lowest BCUT2D eigenvalue weighted by Gasteiger charge is -2.17. The van der Waals surface area contributed by atoms with Gasteiger partial charge >= 0.3 is 0 Å². The second kappa shape index (κ2) is 8.39. The Hall–Kier alpha value is -3.39. The third kappa shape index (κ3) is 4.54. The highest BCUT2D eigenvalue weighted by molar-refractivity contribution is 7.90. The summed E-state index contributed by atoms with van der Waals surface area (Å²) in [5, 5.41) is 2.80. The van der Waals surface area contributed by atoms with Crippen molar-refractivity contribution in [1.29, 1.82) is 0 Å². The number of carbonyl (C=O) groups excluding carboxylic acids is 2. The smallest absolute Gasteiger partial charge is 0.257 e. The molecular weight excluding hydrogens is 414 g/mol. The normalized spacial score (nSPS) is 11.3. The molecule has 0 atom stereocenters. The van der Waals surface area contributed by atoms with Crippen LogP contribution in [0.1, 0.15) is 32.1 Å². The van der Waals surface area contributed by atoms with Crippen molar-refractivity contribution in [2.75, 3.05) is 25.7 Å². The van der Waals surface area contributed by atoms with Crippen LogP contribution in [0.4, 0.5) is 5.69 Å². The lowest BCUT2D eigenvalue weighted by molar-refractivity contribution is 0.0827. The van der Waals surface area contributed by atoms with Crippen LogP contribution in [0, 0.1) is 13.8 Å². The number of nitrogens with zero attached hydrogens (tertiary/aromatic N) is 2. The molecule has 8 heteroatoms. The van der Waals surface area contributed by atoms with E-state index >= 15 is 0 Å². The lowest BCUT2D eigenvalue weighted by Crippen LogP contribution is -2.23. The van der Waals surface area contributed by atoms with Crippen molar-refractivity contribution >= 4 is 27.3 Å². The average molecular weight is 440 g/mol. The zero-order valence-corrected chi connectivity index (χ0v) is 18.9. The summed E-state index contributed by atoms with van der Waals surface area (Å²) in [5.41, 5.74) is 3.71. The number of benzene rings is 2. The number of aryl methyl sites for hydroxylation is 1. The topological polar surface area (TPSA) is 88.5 Å². The van der Waals surface area contributed by atoms with E-state index in [0.29, 0.717) is 28.2 Å². The van der Waals surface area contributed by atoms with E-state index in [-0.39, 0.29) is 16.7 Å². The molecule has 2 amide bonds. The molecule has 0 unspecified atom stereocenters. The summed E-state index contributed by atoms with van der Waals surface area (Å²) in [6.45, 7) is 3.70. The Labute approximate surface area is 182 Å². The van der Waals surface area contributed by atoms with Crippen LogP contribution in [0.5, 0.6) is 0 Å². The van der Waals surface area contributed by atoms with Crippen molar-refractivity contribution < 1.29 is 18.0 Å². The van der Waals surface area contributed by atoms with Gasteiger partial charge in [-0.3, -0.25) is 9.59 Å². The SMILES string of the molecule is Cc1cc(C(=O)Nc2ccc(S(C)(=O)=O)cc2)c(C)n1-c1ccccc1C(=O)N(C)C. The molecule has 0 aliphatic heterocycles. The number of nitrogens with one attached hydrogen (secondary N) is 1. The van der Waals surface area contributed by atoms with Gasteiger partial charge in [0.05, 0.1) is 21.7 Å². The Morgan fingerprint density at radius 2 is 1.55 bits per heavy atom. The predicted molar refractivity (Wildman–Crippen MR) is 121 cm³/mol. The molecule has 0 saturated carbocycles. The molecule has 0 spiro atoms. The number of amides is 2. The summed E-state index contributed by atoms with van der Waals surface area (Å²) in [6, 6.07) is 15.1. The molecule has 0 radical (unpaired) electrons. The van der Waals surface area contributed by atoms with Gasteiger partial charge in [0.2, 0.25) is 0 Å². The minimum atomic E-state index is -3.30. The first-order valence-electron chi connectivity index (χ1n) is 9.62. The van der Waals surface area contributed by atoms with E-state index in [2.05, 4.69) is 5.32 Å². The number of hydrogen-bond donors (Lipinski definition) is 1. The largest absolute Gasteiger partial charge is 0.345 e. The van der Waals surface area contributed by atoms with Gasteiger partial charge in [-0.2, -0.15) is 0 Å². The molecule has 3 rings (SSSR count). The van der Waals surface area contributed by atoms with Gasteiger partial charge in [-0.25, -0.2) is 8.42 Å². The fraction of sp³-hybridized carbons (Fsp3) is 0.217. The number of hydrogen-bond acceptors (Lipinski definition) is 4. The number of carbonyl (C=O) groups is 2. The third-order valence-electron chi connectivity index (χ3n) is 5.00. The Bertz CT molecular complexity index is 1260. The summed E-state index contributed by atoms with van der Waals surface area (Å²) in [7, 11) is 0.0895. The fourth-order valence-electron chi connectivity index (χ4n) is 3.44. The van der Waals surface area contributed by atoms with Gasteiger partial charge in [0.15, 0.2) is 9.84 Å². The van der Waals surface area contributed by atoms with Crippen molar-refractivity contribution in [3.05, 3.63) is 77.1 Å². The van der Waals surface area contributed by atoms with E-state index in [0.717, 1.165) is 11.9 Å². The van der Waals surface area contributed by atoms with E-state index < -0.39 is 9.84 Å². The molecule has 0 bridgehead atoms. The highest BCUT2D eigenvalue weighted by Crippen LogP contribution is 2.25. The molecule has 1 aromatic heterocycles. The van der Waals surface area contributed by atoms with Crippen LogP contribution in [-0.4, -0.2) is 50.1 Å². The van der Waals surface area contributed by atoms with Gasteiger partial charge in [0.25, 0.3) is 11.8 Å². The first-order valence-corrected chi connectivity index (χ1v) is 11.5. The van der Waals surface area contributed by atoms with Crippen LogP contribution in [-0.2, 0) is 9.84 Å². The van der Waals surface area contributed by atoms with E-state index in [1.54, 1.807) is 38.4 Å². The zero-order chi connectivity index (χ0) is 22.9. The van der Waals surface area contributed by atoms with Crippen LogP contribution < -0.4 is 5.32 Å². The molecule has 1 N–H and O–H groups in total. The predicted octanol–water partition coefficient (Wildman–Crippen LogP) is 3.45. The number of rotatable bonds is 5. The molecule has 2 aromatic carbocycles. The summed E-state index contributed by atoms with van der Waals surface area (Å²) < 4.78 is 25.1. The number of para-hydroxylation sites is 1. The lowest BCUT2D eigenvalue weighted by atomic mass is 10.1. The van der Waals surface area contributed by atoms with E-state index in [1.807, 2.05) is 36.6 Å². The zero-order valence-electron chi connectivity index (χ0n) is 18.1. The molecule has 0 saturated heterocycles. The highest BCUT2D eigenvalue weighted by Gasteiger charge is 2.21. The van der Waals surface area contributed by atoms with Crippen LogP contribution in [0.15, 0.2) is 59.5 Å². The molecule has 3 aromatic rings. The van der Waals surface area contributed by atoms with E-state index in [1.165, 1.54) is 17.0 Å². The molecule has 31 heavy (non-hydrogen) atoms. The maximum Gasteiger partial charge on any atom is 0.257 e. The quantitative estimate of drug-likeness (QED) is 0.660. The second-order valence-electron chi connectivity index (χ2n) is 7.59. The van der Waals surface area contributed by atoms with Crippen molar-refractivity contribution in [2.24, 2.45) is 0 Å². The van der Waals surface area contributed by atoms with Gasteiger partial charge in [0.1, 0.15) is 0 Å². The molecule has 7 nitrogen and oxygen atoms in total. The summed E-state index contributed by atoms with van der Waals surface area (Å²) in [4.78, 5) is 27.3. The van der Waals surface area contributed by atoms with Crippen molar-refractivity contribution in [3.63, 3.8) is 0 Å². The second-order valence-corrected chi connectivity index (χ2v) is 9.60. The minimum Gasteiger partial charge on any atom is -0.345 e. The van der Waals surface area contributed by atoms with Crippen LogP contribution in [0.3, 0.4) is 0 Å².